The molecule has 156 valence electrons. The number of amides is 1. The van der Waals surface area contributed by atoms with Crippen molar-refractivity contribution in [3.05, 3.63) is 77.6 Å². The van der Waals surface area contributed by atoms with Crippen LogP contribution in [0.15, 0.2) is 67.0 Å². The summed E-state index contributed by atoms with van der Waals surface area (Å²) in [7, 11) is 1.58. The molecule has 0 fully saturated rings. The number of thiazole rings is 1. The van der Waals surface area contributed by atoms with Crippen LogP contribution in [0, 0.1) is 0 Å². The fraction of sp³-hybridized carbons (Fsp3) is 0.130. The number of hydrogen-bond donors (Lipinski definition) is 2. The summed E-state index contributed by atoms with van der Waals surface area (Å²) >= 11 is 1.54. The fourth-order valence-electron chi connectivity index (χ4n) is 2.88. The van der Waals surface area contributed by atoms with Crippen molar-refractivity contribution < 1.29 is 9.53 Å². The molecule has 1 aromatic carbocycles. The molecule has 0 saturated carbocycles. The summed E-state index contributed by atoms with van der Waals surface area (Å²) in [6.45, 7) is 2.08. The van der Waals surface area contributed by atoms with Gasteiger partial charge < -0.3 is 15.4 Å². The first-order valence-electron chi connectivity index (χ1n) is 9.80. The Balaban J connectivity index is 1.54. The second-order valence-electron chi connectivity index (χ2n) is 6.58. The molecule has 0 atom stereocenters. The third-order valence-electron chi connectivity index (χ3n) is 4.44. The van der Waals surface area contributed by atoms with Crippen molar-refractivity contribution in [3.63, 3.8) is 0 Å². The zero-order valence-electron chi connectivity index (χ0n) is 17.1. The van der Waals surface area contributed by atoms with Crippen molar-refractivity contribution in [1.29, 1.82) is 0 Å². The lowest BCUT2D eigenvalue weighted by Gasteiger charge is -2.09. The number of aromatic nitrogens is 3. The molecule has 0 radical (unpaired) electrons. The molecular weight excluding hydrogens is 410 g/mol. The second kappa shape index (κ2) is 9.36. The lowest BCUT2D eigenvalue weighted by Crippen LogP contribution is -2.17. The topological polar surface area (TPSA) is 89.0 Å². The number of nitrogens with zero attached hydrogens (tertiary/aromatic N) is 3. The molecule has 0 bridgehead atoms. The van der Waals surface area contributed by atoms with E-state index in [1.54, 1.807) is 48.8 Å². The van der Waals surface area contributed by atoms with E-state index in [0.717, 1.165) is 27.7 Å². The molecule has 3 aromatic heterocycles. The van der Waals surface area contributed by atoms with E-state index in [0.29, 0.717) is 22.9 Å². The van der Waals surface area contributed by atoms with E-state index in [2.05, 4.69) is 27.5 Å². The van der Waals surface area contributed by atoms with E-state index in [4.69, 9.17) is 9.72 Å². The van der Waals surface area contributed by atoms with Gasteiger partial charge in [0.05, 0.1) is 10.6 Å². The number of aryl methyl sites for hydroxylation is 1. The molecule has 3 heterocycles. The van der Waals surface area contributed by atoms with Crippen molar-refractivity contribution in [1.82, 2.24) is 20.3 Å². The number of ether oxygens (including phenoxy) is 1. The summed E-state index contributed by atoms with van der Waals surface area (Å²) < 4.78 is 6.19. The largest absolute Gasteiger partial charge is 0.444 e. The molecule has 0 aliphatic carbocycles. The van der Waals surface area contributed by atoms with Gasteiger partial charge >= 0.3 is 0 Å². The van der Waals surface area contributed by atoms with Crippen LogP contribution >= 0.6 is 11.3 Å². The van der Waals surface area contributed by atoms with Gasteiger partial charge in [-0.15, -0.1) is 0 Å². The minimum Gasteiger partial charge on any atom is -0.444 e. The molecule has 1 amide bonds. The minimum absolute atomic E-state index is 0.183. The molecule has 0 spiro atoms. The summed E-state index contributed by atoms with van der Waals surface area (Å²) in [5.41, 5.74) is 2.34. The lowest BCUT2D eigenvalue weighted by atomic mass is 10.2. The molecule has 4 rings (SSSR count). The summed E-state index contributed by atoms with van der Waals surface area (Å²) in [5.74, 6) is 1.62. The summed E-state index contributed by atoms with van der Waals surface area (Å²) in [6, 6.07) is 17.0. The number of rotatable bonds is 7. The molecule has 0 saturated heterocycles. The van der Waals surface area contributed by atoms with Crippen molar-refractivity contribution in [2.24, 2.45) is 0 Å². The van der Waals surface area contributed by atoms with Crippen molar-refractivity contribution >= 4 is 28.9 Å². The van der Waals surface area contributed by atoms with Crippen LogP contribution in [-0.4, -0.2) is 27.9 Å². The average molecular weight is 432 g/mol. The highest BCUT2D eigenvalue weighted by atomic mass is 32.1. The van der Waals surface area contributed by atoms with Crippen LogP contribution in [0.2, 0.25) is 0 Å². The maximum atomic E-state index is 11.7. The maximum absolute atomic E-state index is 11.7. The number of hydrogen-bond acceptors (Lipinski definition) is 7. The van der Waals surface area contributed by atoms with E-state index in [9.17, 15) is 4.79 Å². The minimum atomic E-state index is -0.183. The van der Waals surface area contributed by atoms with Crippen LogP contribution in [0.25, 0.3) is 11.3 Å². The van der Waals surface area contributed by atoms with E-state index in [-0.39, 0.29) is 5.91 Å². The Bertz CT molecular complexity index is 1180. The maximum Gasteiger partial charge on any atom is 0.252 e. The van der Waals surface area contributed by atoms with Gasteiger partial charge in [-0.1, -0.05) is 48.6 Å². The SMILES string of the molecule is CCc1nc(-c2ccccc2)c(Oc2ccnc(Nc3ccc(C(=O)NC)cn3)c2)s1. The zero-order chi connectivity index (χ0) is 21.6. The van der Waals surface area contributed by atoms with Crippen LogP contribution in [0.3, 0.4) is 0 Å². The Kier molecular flexibility index (Phi) is 6.18. The molecule has 8 heteroatoms. The van der Waals surface area contributed by atoms with Gasteiger partial charge in [0.2, 0.25) is 5.06 Å². The number of anilines is 2. The van der Waals surface area contributed by atoms with Crippen molar-refractivity contribution in [2.45, 2.75) is 13.3 Å². The second-order valence-corrected chi connectivity index (χ2v) is 7.62. The monoisotopic (exact) mass is 431 g/mol. The van der Waals surface area contributed by atoms with E-state index >= 15 is 0 Å². The fourth-order valence-corrected chi connectivity index (χ4v) is 3.77. The third kappa shape index (κ3) is 4.87. The average Bonchev–Trinajstić information content (AvgIpc) is 3.23. The van der Waals surface area contributed by atoms with E-state index < -0.39 is 0 Å². The molecule has 0 aliphatic heterocycles. The van der Waals surface area contributed by atoms with Gasteiger partial charge in [-0.05, 0) is 24.6 Å². The van der Waals surface area contributed by atoms with Gasteiger partial charge in [-0.3, -0.25) is 4.79 Å². The Morgan fingerprint density at radius 3 is 2.61 bits per heavy atom. The third-order valence-corrected chi connectivity index (χ3v) is 5.52. The molecule has 0 unspecified atom stereocenters. The Labute approximate surface area is 184 Å². The van der Waals surface area contributed by atoms with Gasteiger partial charge in [0.15, 0.2) is 0 Å². The smallest absolute Gasteiger partial charge is 0.252 e. The molecule has 0 aliphatic rings. The molecule has 31 heavy (non-hydrogen) atoms. The predicted molar refractivity (Wildman–Crippen MR) is 122 cm³/mol. The first kappa shape index (κ1) is 20.5. The summed E-state index contributed by atoms with van der Waals surface area (Å²) in [4.78, 5) is 25.0. The molecule has 7 nitrogen and oxygen atoms in total. The number of benzene rings is 1. The van der Waals surface area contributed by atoms with E-state index in [1.165, 1.54) is 6.20 Å². The van der Waals surface area contributed by atoms with E-state index in [1.807, 2.05) is 30.3 Å². The molecule has 2 N–H and O–H groups in total. The van der Waals surface area contributed by atoms with Crippen molar-refractivity contribution in [3.8, 4) is 22.1 Å². The van der Waals surface area contributed by atoms with Gasteiger partial charge in [-0.2, -0.15) is 0 Å². The first-order valence-corrected chi connectivity index (χ1v) is 10.6. The highest BCUT2D eigenvalue weighted by Crippen LogP contribution is 2.38. The predicted octanol–water partition coefficient (Wildman–Crippen LogP) is 5.06. The van der Waals surface area contributed by atoms with Crippen LogP contribution in [0.5, 0.6) is 10.8 Å². The number of pyridine rings is 2. The quantitative estimate of drug-likeness (QED) is 0.425. The zero-order valence-corrected chi connectivity index (χ0v) is 17.9. The summed E-state index contributed by atoms with van der Waals surface area (Å²) in [5, 5.41) is 7.46. The Morgan fingerprint density at radius 1 is 1.06 bits per heavy atom. The molecule has 4 aromatic rings. The summed E-state index contributed by atoms with van der Waals surface area (Å²) in [6.07, 6.45) is 4.02. The van der Waals surface area contributed by atoms with Gasteiger partial charge in [0, 0.05) is 31.1 Å². The molecular formula is C23H21N5O2S. The van der Waals surface area contributed by atoms with Gasteiger partial charge in [0.25, 0.3) is 5.91 Å². The van der Waals surface area contributed by atoms with Crippen molar-refractivity contribution in [2.75, 3.05) is 12.4 Å². The van der Waals surface area contributed by atoms with Gasteiger partial charge in [-0.25, -0.2) is 15.0 Å². The van der Waals surface area contributed by atoms with Gasteiger partial charge in [0.1, 0.15) is 23.1 Å². The number of carbonyl (C=O) groups is 1. The Hall–Kier alpha value is -3.78. The highest BCUT2D eigenvalue weighted by Gasteiger charge is 2.15. The highest BCUT2D eigenvalue weighted by molar-refractivity contribution is 7.14. The van der Waals surface area contributed by atoms with Crippen LogP contribution < -0.4 is 15.4 Å². The lowest BCUT2D eigenvalue weighted by molar-refractivity contribution is 0.0963. The van der Waals surface area contributed by atoms with Crippen LogP contribution in [0.4, 0.5) is 11.6 Å². The standard InChI is InChI=1S/C23H21N5O2S/c1-3-20-28-21(15-7-5-4-6-8-15)23(31-20)30-17-11-12-25-19(13-17)27-18-10-9-16(14-26-18)22(29)24-2/h4-14H,3H2,1-2H3,(H,24,29)(H,25,26,27). The first-order chi connectivity index (χ1) is 15.2. The Morgan fingerprint density at radius 2 is 1.90 bits per heavy atom. The van der Waals surface area contributed by atoms with Crippen LogP contribution in [-0.2, 0) is 6.42 Å². The van der Waals surface area contributed by atoms with Crippen LogP contribution in [0.1, 0.15) is 22.3 Å². The number of nitrogens with one attached hydrogen (secondary N) is 2. The normalized spacial score (nSPS) is 10.5. The number of carbonyl (C=O) groups excluding carboxylic acids is 1.